The van der Waals surface area contributed by atoms with Gasteiger partial charge in [-0.25, -0.2) is 4.79 Å². The molecule has 0 radical (unpaired) electrons. The molecular formula is C17H19N3O5S. The van der Waals surface area contributed by atoms with Gasteiger partial charge in [0, 0.05) is 18.3 Å². The quantitative estimate of drug-likeness (QED) is 0.609. The average Bonchev–Trinajstić information content (AvgIpc) is 2.50. The minimum atomic E-state index is -4.60. The van der Waals surface area contributed by atoms with E-state index in [1.165, 1.54) is 13.0 Å². The van der Waals surface area contributed by atoms with Crippen LogP contribution in [0.2, 0.25) is 0 Å². The number of nitrogens with one attached hydrogen (secondary N) is 3. The van der Waals surface area contributed by atoms with Crippen molar-refractivity contribution in [1.82, 2.24) is 0 Å². The summed E-state index contributed by atoms with van der Waals surface area (Å²) in [5, 5.41) is 7.49. The van der Waals surface area contributed by atoms with Gasteiger partial charge in [0.05, 0.1) is 5.69 Å². The van der Waals surface area contributed by atoms with Crippen LogP contribution in [0.15, 0.2) is 41.3 Å². The SMILES string of the molecule is CC(=O)Nc1cc(C)c(NC(=O)Nc2ccc(C)cc2)cc1S(=O)(=O)O. The zero-order chi connectivity index (χ0) is 19.5. The van der Waals surface area contributed by atoms with Crippen LogP contribution >= 0.6 is 0 Å². The monoisotopic (exact) mass is 377 g/mol. The molecule has 2 aromatic rings. The van der Waals surface area contributed by atoms with Crippen LogP contribution in [-0.4, -0.2) is 24.9 Å². The second-order valence-corrected chi connectivity index (χ2v) is 7.15. The lowest BCUT2D eigenvalue weighted by atomic mass is 10.1. The number of hydrogen-bond donors (Lipinski definition) is 4. The lowest BCUT2D eigenvalue weighted by molar-refractivity contribution is -0.114. The van der Waals surface area contributed by atoms with E-state index in [4.69, 9.17) is 0 Å². The van der Waals surface area contributed by atoms with Crippen molar-refractivity contribution in [2.45, 2.75) is 25.7 Å². The third-order valence-corrected chi connectivity index (χ3v) is 4.37. The Balaban J connectivity index is 2.29. The van der Waals surface area contributed by atoms with Crippen LogP contribution in [0.25, 0.3) is 0 Å². The molecule has 0 atom stereocenters. The molecule has 2 rings (SSSR count). The smallest absolute Gasteiger partial charge is 0.323 e. The molecule has 26 heavy (non-hydrogen) atoms. The zero-order valence-corrected chi connectivity index (χ0v) is 15.3. The van der Waals surface area contributed by atoms with Gasteiger partial charge < -0.3 is 16.0 Å². The summed E-state index contributed by atoms with van der Waals surface area (Å²) < 4.78 is 32.6. The van der Waals surface area contributed by atoms with Crippen molar-refractivity contribution in [1.29, 1.82) is 0 Å². The first-order chi connectivity index (χ1) is 12.1. The van der Waals surface area contributed by atoms with Crippen LogP contribution in [-0.2, 0) is 14.9 Å². The van der Waals surface area contributed by atoms with Crippen molar-refractivity contribution in [3.63, 3.8) is 0 Å². The molecule has 0 unspecified atom stereocenters. The first-order valence-corrected chi connectivity index (χ1v) is 9.04. The number of urea groups is 1. The Kier molecular flexibility index (Phi) is 5.63. The molecule has 0 fully saturated rings. The van der Waals surface area contributed by atoms with Gasteiger partial charge in [0.2, 0.25) is 5.91 Å². The molecule has 4 N–H and O–H groups in total. The van der Waals surface area contributed by atoms with E-state index in [1.807, 2.05) is 19.1 Å². The van der Waals surface area contributed by atoms with Gasteiger partial charge in [0.15, 0.2) is 0 Å². The summed E-state index contributed by atoms with van der Waals surface area (Å²) >= 11 is 0. The minimum absolute atomic E-state index is 0.0676. The van der Waals surface area contributed by atoms with Crippen molar-refractivity contribution < 1.29 is 22.6 Å². The summed E-state index contributed by atoms with van der Waals surface area (Å²) in [5.74, 6) is -0.493. The molecule has 0 bridgehead atoms. The number of hydrogen-bond acceptors (Lipinski definition) is 4. The Labute approximate surface area is 151 Å². The maximum absolute atomic E-state index is 12.1. The summed E-state index contributed by atoms with van der Waals surface area (Å²) in [5.41, 5.74) is 2.22. The van der Waals surface area contributed by atoms with E-state index in [1.54, 1.807) is 19.1 Å². The summed E-state index contributed by atoms with van der Waals surface area (Å²) in [6.45, 7) is 4.76. The molecule has 3 amide bonds. The van der Waals surface area contributed by atoms with Gasteiger partial charge in [-0.2, -0.15) is 8.42 Å². The van der Waals surface area contributed by atoms with Gasteiger partial charge in [-0.15, -0.1) is 0 Å². The maximum atomic E-state index is 12.1. The fourth-order valence-electron chi connectivity index (χ4n) is 2.25. The molecule has 0 saturated carbocycles. The first kappa shape index (κ1) is 19.4. The number of aryl methyl sites for hydroxylation is 2. The van der Waals surface area contributed by atoms with Crippen LogP contribution in [0.4, 0.5) is 21.9 Å². The van der Waals surface area contributed by atoms with Crippen molar-refractivity contribution >= 4 is 39.1 Å². The van der Waals surface area contributed by atoms with Crippen molar-refractivity contribution in [3.8, 4) is 0 Å². The summed E-state index contributed by atoms with van der Waals surface area (Å²) in [7, 11) is -4.60. The summed E-state index contributed by atoms with van der Waals surface area (Å²) in [6, 6.07) is 8.98. The molecule has 0 heterocycles. The Morgan fingerprint density at radius 3 is 2.08 bits per heavy atom. The van der Waals surface area contributed by atoms with Crippen molar-refractivity contribution in [2.24, 2.45) is 0 Å². The summed E-state index contributed by atoms with van der Waals surface area (Å²) in [4.78, 5) is 22.9. The van der Waals surface area contributed by atoms with Gasteiger partial charge in [-0.05, 0) is 43.7 Å². The Bertz CT molecular complexity index is 953. The average molecular weight is 377 g/mol. The van der Waals surface area contributed by atoms with Gasteiger partial charge >= 0.3 is 6.03 Å². The molecule has 8 nitrogen and oxygen atoms in total. The maximum Gasteiger partial charge on any atom is 0.323 e. The number of amides is 3. The molecule has 0 aliphatic carbocycles. The zero-order valence-electron chi connectivity index (χ0n) is 14.5. The molecule has 0 aliphatic rings. The molecule has 0 aromatic heterocycles. The van der Waals surface area contributed by atoms with Gasteiger partial charge in [-0.3, -0.25) is 9.35 Å². The third kappa shape index (κ3) is 5.04. The normalized spacial score (nSPS) is 10.9. The van der Waals surface area contributed by atoms with Gasteiger partial charge in [-0.1, -0.05) is 17.7 Å². The lowest BCUT2D eigenvalue weighted by Gasteiger charge is -2.14. The predicted octanol–water partition coefficient (Wildman–Crippen LogP) is 3.15. The van der Waals surface area contributed by atoms with Crippen LogP contribution in [0.5, 0.6) is 0 Å². The summed E-state index contributed by atoms with van der Waals surface area (Å²) in [6.07, 6.45) is 0. The number of benzene rings is 2. The van der Waals surface area contributed by atoms with E-state index in [0.717, 1.165) is 11.6 Å². The highest BCUT2D eigenvalue weighted by molar-refractivity contribution is 7.86. The standard InChI is InChI=1S/C17H19N3O5S/c1-10-4-6-13(7-5-10)19-17(22)20-14-9-16(26(23,24)25)15(8-11(14)2)18-12(3)21/h4-9H,1-3H3,(H,18,21)(H2,19,20,22)(H,23,24,25). The lowest BCUT2D eigenvalue weighted by Crippen LogP contribution is -2.20. The molecule has 138 valence electrons. The topological polar surface area (TPSA) is 125 Å². The molecule has 0 aliphatic heterocycles. The minimum Gasteiger partial charge on any atom is -0.325 e. The van der Waals surface area contributed by atoms with Crippen LogP contribution in [0.3, 0.4) is 0 Å². The van der Waals surface area contributed by atoms with Gasteiger partial charge in [0.25, 0.3) is 10.1 Å². The van der Waals surface area contributed by atoms with Crippen LogP contribution in [0.1, 0.15) is 18.1 Å². The highest BCUT2D eigenvalue weighted by atomic mass is 32.2. The second-order valence-electron chi connectivity index (χ2n) is 5.76. The van der Waals surface area contributed by atoms with E-state index in [9.17, 15) is 22.6 Å². The highest BCUT2D eigenvalue weighted by Crippen LogP contribution is 2.29. The molecule has 0 spiro atoms. The largest absolute Gasteiger partial charge is 0.325 e. The van der Waals surface area contributed by atoms with Crippen LogP contribution < -0.4 is 16.0 Å². The van der Waals surface area contributed by atoms with Crippen LogP contribution in [0, 0.1) is 13.8 Å². The third-order valence-electron chi connectivity index (χ3n) is 3.47. The molecule has 9 heteroatoms. The predicted molar refractivity (Wildman–Crippen MR) is 99.1 cm³/mol. The van der Waals surface area contributed by atoms with E-state index in [-0.39, 0.29) is 11.4 Å². The number of anilines is 3. The Hall–Kier alpha value is -2.91. The van der Waals surface area contributed by atoms with E-state index < -0.39 is 27.0 Å². The molecule has 0 saturated heterocycles. The number of carbonyl (C=O) groups excluding carboxylic acids is 2. The Morgan fingerprint density at radius 2 is 1.54 bits per heavy atom. The second kappa shape index (κ2) is 7.54. The fraction of sp³-hybridized carbons (Fsp3) is 0.176. The highest BCUT2D eigenvalue weighted by Gasteiger charge is 2.19. The van der Waals surface area contributed by atoms with Gasteiger partial charge in [0.1, 0.15) is 4.90 Å². The van der Waals surface area contributed by atoms with Crippen molar-refractivity contribution in [2.75, 3.05) is 16.0 Å². The number of rotatable bonds is 4. The number of carbonyl (C=O) groups is 2. The molecule has 2 aromatic carbocycles. The van der Waals surface area contributed by atoms with E-state index >= 15 is 0 Å². The fourth-order valence-corrected chi connectivity index (χ4v) is 2.90. The van der Waals surface area contributed by atoms with E-state index in [0.29, 0.717) is 11.3 Å². The van der Waals surface area contributed by atoms with E-state index in [2.05, 4.69) is 16.0 Å². The van der Waals surface area contributed by atoms with Crippen molar-refractivity contribution in [3.05, 3.63) is 47.5 Å². The first-order valence-electron chi connectivity index (χ1n) is 7.60. The molecular weight excluding hydrogens is 358 g/mol. The Morgan fingerprint density at radius 1 is 0.923 bits per heavy atom.